The van der Waals surface area contributed by atoms with Gasteiger partial charge >= 0.3 is 6.18 Å². The molecule has 0 unspecified atom stereocenters. The van der Waals surface area contributed by atoms with Crippen molar-refractivity contribution in [3.63, 3.8) is 0 Å². The van der Waals surface area contributed by atoms with Gasteiger partial charge in [-0.15, -0.1) is 0 Å². The van der Waals surface area contributed by atoms with Crippen molar-refractivity contribution < 1.29 is 32.2 Å². The molecule has 4 rings (SSSR count). The van der Waals surface area contributed by atoms with Crippen LogP contribution in [0.3, 0.4) is 0 Å². The van der Waals surface area contributed by atoms with Crippen LogP contribution < -0.4 is 19.5 Å². The Balaban J connectivity index is 1.65. The van der Waals surface area contributed by atoms with Gasteiger partial charge in [-0.05, 0) is 18.2 Å². The van der Waals surface area contributed by atoms with Crippen LogP contribution in [0.4, 0.5) is 18.3 Å². The van der Waals surface area contributed by atoms with Gasteiger partial charge in [0, 0.05) is 5.56 Å². The normalized spacial score (nSPS) is 12.4. The van der Waals surface area contributed by atoms with Gasteiger partial charge in [0.2, 0.25) is 11.8 Å². The van der Waals surface area contributed by atoms with Gasteiger partial charge in [0.25, 0.3) is 5.91 Å². The summed E-state index contributed by atoms with van der Waals surface area (Å²) in [5.41, 5.74) is 0.0478. The number of halogens is 3. The van der Waals surface area contributed by atoms with Crippen molar-refractivity contribution in [3.05, 3.63) is 40.5 Å². The van der Waals surface area contributed by atoms with E-state index in [1.54, 1.807) is 0 Å². The molecule has 30 heavy (non-hydrogen) atoms. The molecule has 1 aromatic carbocycles. The molecular weight excluding hydrogens is 425 g/mol. The van der Waals surface area contributed by atoms with Crippen molar-refractivity contribution in [2.75, 3.05) is 19.5 Å². The van der Waals surface area contributed by atoms with Gasteiger partial charge in [0.05, 0.1) is 30.4 Å². The Morgan fingerprint density at radius 3 is 2.53 bits per heavy atom. The lowest BCUT2D eigenvalue weighted by atomic mass is 10.0. The van der Waals surface area contributed by atoms with E-state index in [1.807, 2.05) is 0 Å². The minimum atomic E-state index is -4.48. The quantitative estimate of drug-likeness (QED) is 0.662. The number of carbonyl (C=O) groups excluding carboxylic acids is 1. The molecule has 1 aliphatic heterocycles. The van der Waals surface area contributed by atoms with E-state index in [0.717, 1.165) is 23.5 Å². The van der Waals surface area contributed by atoms with E-state index in [-0.39, 0.29) is 34.8 Å². The average Bonchev–Trinajstić information content (AvgIpc) is 3.14. The molecule has 0 bridgehead atoms. The molecule has 2 aromatic heterocycles. The molecule has 0 spiro atoms. The number of nitrogens with zero attached hydrogens (tertiary/aromatic N) is 3. The molecule has 0 atom stereocenters. The van der Waals surface area contributed by atoms with Crippen LogP contribution in [-0.4, -0.2) is 35.1 Å². The maximum Gasteiger partial charge on any atom is 0.416 e. The number of ether oxygens (including phenoxy) is 3. The number of benzene rings is 1. The summed E-state index contributed by atoms with van der Waals surface area (Å²) < 4.78 is 54.5. The van der Waals surface area contributed by atoms with Gasteiger partial charge in [-0.3, -0.25) is 10.1 Å². The molecule has 0 saturated heterocycles. The second-order valence-corrected chi connectivity index (χ2v) is 7.09. The van der Waals surface area contributed by atoms with E-state index < -0.39 is 17.6 Å². The Bertz CT molecular complexity index is 1110. The first-order valence-electron chi connectivity index (χ1n) is 8.40. The lowest BCUT2D eigenvalue weighted by molar-refractivity contribution is -0.137. The number of anilines is 1. The van der Waals surface area contributed by atoms with Crippen LogP contribution >= 0.6 is 11.3 Å². The topological polar surface area (TPSA) is 95.5 Å². The molecule has 0 saturated carbocycles. The summed E-state index contributed by atoms with van der Waals surface area (Å²) in [5, 5.41) is 2.86. The van der Waals surface area contributed by atoms with Crippen molar-refractivity contribution >= 4 is 22.4 Å². The fraction of sp³-hybridized carbons (Fsp3) is 0.222. The number of methoxy groups -OCH3 is 2. The van der Waals surface area contributed by atoms with Crippen molar-refractivity contribution in [1.82, 2.24) is 15.0 Å². The third-order valence-corrected chi connectivity index (χ3v) is 5.18. The molecule has 8 nitrogen and oxygen atoms in total. The number of aromatic nitrogens is 3. The minimum Gasteiger partial charge on any atom is -0.487 e. The highest BCUT2D eigenvalue weighted by atomic mass is 32.1. The number of nitrogens with one attached hydrogen (secondary N) is 1. The first-order valence-corrected chi connectivity index (χ1v) is 9.22. The fourth-order valence-electron chi connectivity index (χ4n) is 2.89. The van der Waals surface area contributed by atoms with Crippen LogP contribution in [0.15, 0.2) is 24.5 Å². The maximum atomic E-state index is 12.9. The Kier molecular flexibility index (Phi) is 4.94. The number of fused-ring (bicyclic) bond motifs is 3. The predicted octanol–water partition coefficient (Wildman–Crippen LogP) is 3.78. The number of hydrogen-bond donors (Lipinski definition) is 1. The number of carbonyl (C=O) groups is 1. The molecule has 1 N–H and O–H groups in total. The van der Waals surface area contributed by atoms with Crippen LogP contribution in [0.1, 0.15) is 20.8 Å². The maximum absolute atomic E-state index is 12.9. The van der Waals surface area contributed by atoms with Crippen molar-refractivity contribution in [3.8, 4) is 28.8 Å². The summed E-state index contributed by atoms with van der Waals surface area (Å²) in [6.45, 7) is 0.0400. The zero-order valence-electron chi connectivity index (χ0n) is 15.5. The van der Waals surface area contributed by atoms with Crippen LogP contribution in [0, 0.1) is 0 Å². The Morgan fingerprint density at radius 1 is 1.20 bits per heavy atom. The molecule has 0 radical (unpaired) electrons. The van der Waals surface area contributed by atoms with Crippen molar-refractivity contribution in [1.29, 1.82) is 0 Å². The van der Waals surface area contributed by atoms with Gasteiger partial charge in [-0.1, -0.05) is 11.3 Å². The summed E-state index contributed by atoms with van der Waals surface area (Å²) in [5.74, 6) is -0.479. The van der Waals surface area contributed by atoms with Gasteiger partial charge in [-0.2, -0.15) is 13.2 Å². The lowest BCUT2D eigenvalue weighted by Gasteiger charge is -2.18. The smallest absolute Gasteiger partial charge is 0.416 e. The van der Waals surface area contributed by atoms with Gasteiger partial charge in [0.1, 0.15) is 18.7 Å². The van der Waals surface area contributed by atoms with Crippen LogP contribution in [-0.2, 0) is 12.8 Å². The SMILES string of the molecule is COc1ncnc(OC)c1C(=O)Nc1nc2c(s1)COc1cc(C(F)(F)F)ccc1-2. The molecule has 3 heterocycles. The van der Waals surface area contributed by atoms with Gasteiger partial charge in [0.15, 0.2) is 10.7 Å². The van der Waals surface area contributed by atoms with E-state index >= 15 is 0 Å². The van der Waals surface area contributed by atoms with Gasteiger partial charge in [-0.25, -0.2) is 15.0 Å². The standard InChI is InChI=1S/C18H13F3N4O4S/c1-27-15-12(16(28-2)23-7-22-15)14(26)25-17-24-13-9-4-3-8(18(19,20)21)5-10(9)29-6-11(13)30-17/h3-5,7H,6H2,1-2H3,(H,24,25,26). The lowest BCUT2D eigenvalue weighted by Crippen LogP contribution is -2.16. The summed E-state index contributed by atoms with van der Waals surface area (Å²) in [4.78, 5) is 25.6. The summed E-state index contributed by atoms with van der Waals surface area (Å²) in [7, 11) is 2.70. The molecule has 3 aromatic rings. The number of amides is 1. The number of thiazole rings is 1. The summed E-state index contributed by atoms with van der Waals surface area (Å²) in [6.07, 6.45) is -3.28. The van der Waals surface area contributed by atoms with E-state index in [4.69, 9.17) is 14.2 Å². The van der Waals surface area contributed by atoms with E-state index in [0.29, 0.717) is 16.1 Å². The number of rotatable bonds is 4. The first kappa shape index (κ1) is 19.9. The molecule has 156 valence electrons. The summed E-state index contributed by atoms with van der Waals surface area (Å²) >= 11 is 1.15. The van der Waals surface area contributed by atoms with E-state index in [2.05, 4.69) is 20.3 Å². The minimum absolute atomic E-state index is 0.0119. The molecular formula is C18H13F3N4O4S. The number of hydrogen-bond acceptors (Lipinski definition) is 8. The van der Waals surface area contributed by atoms with Crippen LogP contribution in [0.2, 0.25) is 0 Å². The molecule has 1 aliphatic rings. The zero-order valence-corrected chi connectivity index (χ0v) is 16.3. The van der Waals surface area contributed by atoms with Crippen molar-refractivity contribution in [2.24, 2.45) is 0 Å². The second-order valence-electron chi connectivity index (χ2n) is 6.01. The van der Waals surface area contributed by atoms with Gasteiger partial charge < -0.3 is 14.2 Å². The monoisotopic (exact) mass is 438 g/mol. The second kappa shape index (κ2) is 7.44. The molecule has 0 fully saturated rings. The van der Waals surface area contributed by atoms with Crippen LogP contribution in [0.25, 0.3) is 11.3 Å². The number of alkyl halides is 3. The van der Waals surface area contributed by atoms with E-state index in [9.17, 15) is 18.0 Å². The van der Waals surface area contributed by atoms with Crippen molar-refractivity contribution in [2.45, 2.75) is 12.8 Å². The third-order valence-electron chi connectivity index (χ3n) is 4.23. The first-order chi connectivity index (χ1) is 14.3. The fourth-order valence-corrected chi connectivity index (χ4v) is 3.77. The Hall–Kier alpha value is -3.41. The highest BCUT2D eigenvalue weighted by molar-refractivity contribution is 7.16. The molecule has 12 heteroatoms. The Labute approximate surface area is 171 Å². The Morgan fingerprint density at radius 2 is 1.90 bits per heavy atom. The molecule has 0 aliphatic carbocycles. The summed E-state index contributed by atoms with van der Waals surface area (Å²) in [6, 6.07) is 3.21. The van der Waals surface area contributed by atoms with Crippen LogP contribution in [0.5, 0.6) is 17.5 Å². The van der Waals surface area contributed by atoms with E-state index in [1.165, 1.54) is 26.6 Å². The third kappa shape index (κ3) is 3.49. The highest BCUT2D eigenvalue weighted by Gasteiger charge is 2.33. The largest absolute Gasteiger partial charge is 0.487 e. The highest BCUT2D eigenvalue weighted by Crippen LogP contribution is 2.43. The predicted molar refractivity (Wildman–Crippen MR) is 100.0 cm³/mol. The average molecular weight is 438 g/mol. The zero-order chi connectivity index (χ0) is 21.5. The molecule has 1 amide bonds.